The zero-order chi connectivity index (χ0) is 10.9. The van der Waals surface area contributed by atoms with Crippen molar-refractivity contribution in [2.24, 2.45) is 5.73 Å². The summed E-state index contributed by atoms with van der Waals surface area (Å²) in [6.07, 6.45) is 5.96. The Morgan fingerprint density at radius 2 is 2.33 bits per heavy atom. The maximum absolute atomic E-state index is 6.06. The number of halogens is 1. The van der Waals surface area contributed by atoms with E-state index in [2.05, 4.69) is 20.9 Å². The normalized spacial score (nSPS) is 17.5. The molecule has 1 aliphatic rings. The van der Waals surface area contributed by atoms with Gasteiger partial charge in [0.25, 0.3) is 0 Å². The van der Waals surface area contributed by atoms with E-state index in [-0.39, 0.29) is 5.54 Å². The van der Waals surface area contributed by atoms with Crippen molar-refractivity contribution in [1.82, 2.24) is 4.98 Å². The van der Waals surface area contributed by atoms with E-state index in [0.29, 0.717) is 0 Å². The Morgan fingerprint density at radius 1 is 1.60 bits per heavy atom. The maximum atomic E-state index is 6.06. The first-order valence-corrected chi connectivity index (χ1v) is 5.90. The number of hydrogen-bond acceptors (Lipinski definition) is 3. The molecule has 2 rings (SSSR count). The molecule has 2 N–H and O–H groups in total. The molecule has 1 saturated carbocycles. The molecule has 1 heterocycles. The second kappa shape index (κ2) is 4.10. The number of methoxy groups -OCH3 is 1. The minimum Gasteiger partial charge on any atom is -0.496 e. The Hall–Kier alpha value is -0.610. The number of aromatic nitrogens is 1. The largest absolute Gasteiger partial charge is 0.496 e. The number of nitrogens with two attached hydrogens (primary N) is 1. The average molecular weight is 271 g/mol. The number of pyridine rings is 1. The van der Waals surface area contributed by atoms with Gasteiger partial charge in [0.15, 0.2) is 0 Å². The van der Waals surface area contributed by atoms with Crippen molar-refractivity contribution in [3.05, 3.63) is 22.4 Å². The molecule has 0 saturated heterocycles. The molecule has 0 unspecified atom stereocenters. The van der Waals surface area contributed by atoms with Crippen molar-refractivity contribution in [3.8, 4) is 5.75 Å². The summed E-state index contributed by atoms with van der Waals surface area (Å²) in [5.74, 6) is 0.890. The van der Waals surface area contributed by atoms with Gasteiger partial charge in [-0.15, -0.1) is 0 Å². The van der Waals surface area contributed by atoms with Gasteiger partial charge < -0.3 is 10.5 Å². The van der Waals surface area contributed by atoms with Gasteiger partial charge in [-0.25, -0.2) is 4.98 Å². The van der Waals surface area contributed by atoms with Crippen molar-refractivity contribution in [2.75, 3.05) is 7.11 Å². The van der Waals surface area contributed by atoms with E-state index in [4.69, 9.17) is 10.5 Å². The van der Waals surface area contributed by atoms with Crippen LogP contribution < -0.4 is 10.5 Å². The highest BCUT2D eigenvalue weighted by atomic mass is 79.9. The lowest BCUT2D eigenvalue weighted by molar-refractivity contribution is 0.406. The average Bonchev–Trinajstić information content (AvgIpc) is 2.95. The summed E-state index contributed by atoms with van der Waals surface area (Å²) < 4.78 is 6.17. The predicted molar refractivity (Wildman–Crippen MR) is 63.0 cm³/mol. The molecule has 0 atom stereocenters. The summed E-state index contributed by atoms with van der Waals surface area (Å²) >= 11 is 3.44. The van der Waals surface area contributed by atoms with Gasteiger partial charge in [-0.1, -0.05) is 0 Å². The number of ether oxygens (including phenoxy) is 1. The molecule has 0 radical (unpaired) electrons. The Labute approximate surface area is 98.2 Å². The predicted octanol–water partition coefficient (Wildman–Crippen LogP) is 2.28. The third kappa shape index (κ3) is 2.49. The molecule has 4 heteroatoms. The zero-order valence-corrected chi connectivity index (χ0v) is 10.4. The van der Waals surface area contributed by atoms with Crippen LogP contribution in [0.3, 0.4) is 0 Å². The van der Waals surface area contributed by atoms with Gasteiger partial charge in [0, 0.05) is 17.3 Å². The molecule has 0 spiro atoms. The number of hydrogen-bond donors (Lipinski definition) is 1. The van der Waals surface area contributed by atoms with Crippen LogP contribution in [0.25, 0.3) is 0 Å². The zero-order valence-electron chi connectivity index (χ0n) is 8.79. The van der Waals surface area contributed by atoms with Gasteiger partial charge in [0.2, 0.25) is 0 Å². The second-order valence-electron chi connectivity index (χ2n) is 4.14. The Balaban J connectivity index is 2.11. The van der Waals surface area contributed by atoms with Gasteiger partial charge in [0.05, 0.1) is 7.11 Å². The van der Waals surface area contributed by atoms with Crippen LogP contribution in [-0.4, -0.2) is 17.6 Å². The van der Waals surface area contributed by atoms with E-state index in [9.17, 15) is 0 Å². The monoisotopic (exact) mass is 270 g/mol. The quantitative estimate of drug-likeness (QED) is 0.854. The molecular formula is C11H15BrN2O. The smallest absolute Gasteiger partial charge is 0.126 e. The van der Waals surface area contributed by atoms with Crippen molar-refractivity contribution >= 4 is 15.9 Å². The minimum absolute atomic E-state index is 0.0836. The van der Waals surface area contributed by atoms with Crippen LogP contribution in [-0.2, 0) is 6.42 Å². The molecule has 0 aromatic carbocycles. The first-order valence-electron chi connectivity index (χ1n) is 5.11. The van der Waals surface area contributed by atoms with Crippen LogP contribution in [0.15, 0.2) is 16.9 Å². The van der Waals surface area contributed by atoms with Gasteiger partial charge in [-0.3, -0.25) is 0 Å². The third-order valence-electron chi connectivity index (χ3n) is 2.95. The summed E-state index contributed by atoms with van der Waals surface area (Å²) in [5.41, 5.74) is 7.27. The highest BCUT2D eigenvalue weighted by molar-refractivity contribution is 9.10. The maximum Gasteiger partial charge on any atom is 0.126 e. The van der Waals surface area contributed by atoms with Gasteiger partial charge in [-0.05, 0) is 47.7 Å². The molecule has 0 bridgehead atoms. The summed E-state index contributed by atoms with van der Waals surface area (Å²) in [6.45, 7) is 0. The molecule has 1 aliphatic carbocycles. The lowest BCUT2D eigenvalue weighted by Gasteiger charge is -2.12. The minimum atomic E-state index is 0.0836. The van der Waals surface area contributed by atoms with E-state index in [0.717, 1.165) is 41.6 Å². The van der Waals surface area contributed by atoms with E-state index < -0.39 is 0 Å². The standard InChI is InChI=1S/C11H15BrN2O/c1-15-9-3-7-14-10(12)8(9)2-4-11(13)5-6-11/h3,7H,2,4-6,13H2,1H3. The van der Waals surface area contributed by atoms with Crippen molar-refractivity contribution in [1.29, 1.82) is 0 Å². The van der Waals surface area contributed by atoms with Crippen LogP contribution in [0.5, 0.6) is 5.75 Å². The summed E-state index contributed by atoms with van der Waals surface area (Å²) in [5, 5.41) is 0. The SMILES string of the molecule is COc1ccnc(Br)c1CCC1(N)CC1. The molecule has 0 aliphatic heterocycles. The van der Waals surface area contributed by atoms with E-state index in [1.807, 2.05) is 6.07 Å². The fraction of sp³-hybridized carbons (Fsp3) is 0.545. The second-order valence-corrected chi connectivity index (χ2v) is 4.90. The van der Waals surface area contributed by atoms with Crippen molar-refractivity contribution in [2.45, 2.75) is 31.2 Å². The molecule has 1 aromatic rings. The Morgan fingerprint density at radius 3 is 2.93 bits per heavy atom. The number of rotatable bonds is 4. The van der Waals surface area contributed by atoms with Gasteiger partial charge >= 0.3 is 0 Å². The highest BCUT2D eigenvalue weighted by Crippen LogP contribution is 2.38. The van der Waals surface area contributed by atoms with Crippen LogP contribution in [0.4, 0.5) is 0 Å². The van der Waals surface area contributed by atoms with Gasteiger partial charge in [-0.2, -0.15) is 0 Å². The number of nitrogens with zero attached hydrogens (tertiary/aromatic N) is 1. The van der Waals surface area contributed by atoms with Crippen LogP contribution >= 0.6 is 15.9 Å². The molecule has 0 amide bonds. The molecule has 3 nitrogen and oxygen atoms in total. The third-order valence-corrected chi connectivity index (χ3v) is 3.63. The van der Waals surface area contributed by atoms with Crippen molar-refractivity contribution < 1.29 is 4.74 Å². The molecule has 82 valence electrons. The summed E-state index contributed by atoms with van der Waals surface area (Å²) in [4.78, 5) is 4.20. The van der Waals surface area contributed by atoms with E-state index in [1.165, 1.54) is 0 Å². The summed E-state index contributed by atoms with van der Waals surface area (Å²) in [6, 6.07) is 1.89. The molecule has 1 aromatic heterocycles. The highest BCUT2D eigenvalue weighted by Gasteiger charge is 2.37. The van der Waals surface area contributed by atoms with E-state index >= 15 is 0 Å². The summed E-state index contributed by atoms with van der Waals surface area (Å²) in [7, 11) is 1.68. The topological polar surface area (TPSA) is 48.1 Å². The lowest BCUT2D eigenvalue weighted by Crippen LogP contribution is -2.22. The fourth-order valence-electron chi connectivity index (χ4n) is 1.65. The molecule has 1 fully saturated rings. The van der Waals surface area contributed by atoms with Gasteiger partial charge in [0.1, 0.15) is 10.4 Å². The van der Waals surface area contributed by atoms with Crippen LogP contribution in [0.1, 0.15) is 24.8 Å². The molecular weight excluding hydrogens is 256 g/mol. The Bertz CT molecular complexity index is 364. The Kier molecular flexibility index (Phi) is 2.98. The van der Waals surface area contributed by atoms with E-state index in [1.54, 1.807) is 13.3 Å². The van der Waals surface area contributed by atoms with Crippen LogP contribution in [0, 0.1) is 0 Å². The first kappa shape index (κ1) is 10.9. The molecule has 15 heavy (non-hydrogen) atoms. The van der Waals surface area contributed by atoms with Crippen LogP contribution in [0.2, 0.25) is 0 Å². The lowest BCUT2D eigenvalue weighted by atomic mass is 10.1. The first-order chi connectivity index (χ1) is 7.14. The fourth-order valence-corrected chi connectivity index (χ4v) is 2.16. The van der Waals surface area contributed by atoms with Crippen molar-refractivity contribution in [3.63, 3.8) is 0 Å².